The maximum absolute atomic E-state index is 14.0. The second kappa shape index (κ2) is 8.81. The Morgan fingerprint density at radius 2 is 1.80 bits per heavy atom. The Balaban J connectivity index is 1.70. The van der Waals surface area contributed by atoms with Gasteiger partial charge in [-0.25, -0.2) is 24.1 Å². The lowest BCUT2D eigenvalue weighted by atomic mass is 9.85. The number of carboxylic acids is 1. The van der Waals surface area contributed by atoms with Crippen LogP contribution in [-0.2, 0) is 0 Å². The van der Waals surface area contributed by atoms with Crippen LogP contribution in [0.25, 0.3) is 28.2 Å². The molecule has 2 aromatic heterocycles. The Morgan fingerprint density at radius 3 is 2.49 bits per heavy atom. The number of carbonyl (C=O) groups is 1. The average molecular weight is 471 g/mol. The second-order valence-electron chi connectivity index (χ2n) is 8.58. The van der Waals surface area contributed by atoms with Crippen LogP contribution in [-0.4, -0.2) is 41.3 Å². The fraction of sp³-hybridized carbons (Fsp3) is 0.231. The molecule has 35 heavy (non-hydrogen) atoms. The van der Waals surface area contributed by atoms with Crippen LogP contribution in [0.1, 0.15) is 48.3 Å². The van der Waals surface area contributed by atoms with Gasteiger partial charge in [-0.1, -0.05) is 24.5 Å². The standard InChI is InChI=1S/C26H22FN5O3/c27-18-6-4-5-17(15-18)23-31-21-22(28)29-20(11-14-26(35)12-2-1-3-13-26)30-24(21)32(23)19-9-7-16(8-10-19)25(33)34/h4-10,15,35H,1-3,12-13H2,(H,33,34)(H2,28,29,30). The minimum Gasteiger partial charge on any atom is -0.478 e. The Kier molecular flexibility index (Phi) is 5.67. The maximum atomic E-state index is 14.0. The number of hydrogen-bond donors (Lipinski definition) is 3. The number of anilines is 1. The molecule has 1 saturated carbocycles. The molecule has 0 bridgehead atoms. The number of benzene rings is 2. The summed E-state index contributed by atoms with van der Waals surface area (Å²) in [6.07, 6.45) is 4.07. The third-order valence-corrected chi connectivity index (χ3v) is 6.08. The number of rotatable bonds is 3. The van der Waals surface area contributed by atoms with E-state index in [4.69, 9.17) is 5.73 Å². The number of imidazole rings is 1. The third kappa shape index (κ3) is 4.44. The molecule has 0 atom stereocenters. The fourth-order valence-corrected chi connectivity index (χ4v) is 4.29. The molecule has 5 rings (SSSR count). The van der Waals surface area contributed by atoms with Gasteiger partial charge in [0.2, 0.25) is 5.82 Å². The van der Waals surface area contributed by atoms with Crippen molar-refractivity contribution < 1.29 is 19.4 Å². The van der Waals surface area contributed by atoms with Gasteiger partial charge in [0.15, 0.2) is 17.0 Å². The third-order valence-electron chi connectivity index (χ3n) is 6.08. The zero-order valence-electron chi connectivity index (χ0n) is 18.7. The van der Waals surface area contributed by atoms with Crippen LogP contribution < -0.4 is 5.73 Å². The van der Waals surface area contributed by atoms with E-state index in [9.17, 15) is 19.4 Å². The molecule has 0 saturated heterocycles. The van der Waals surface area contributed by atoms with Crippen molar-refractivity contribution in [3.63, 3.8) is 0 Å². The van der Waals surface area contributed by atoms with Crippen LogP contribution in [0, 0.1) is 17.7 Å². The molecule has 1 aliphatic carbocycles. The van der Waals surface area contributed by atoms with Crippen molar-refractivity contribution in [2.75, 3.05) is 5.73 Å². The number of nitrogen functional groups attached to an aromatic ring is 1. The molecule has 0 spiro atoms. The van der Waals surface area contributed by atoms with Crippen LogP contribution in [0.3, 0.4) is 0 Å². The Labute approximate surface area is 200 Å². The van der Waals surface area contributed by atoms with Crippen molar-refractivity contribution in [2.45, 2.75) is 37.7 Å². The molecule has 4 N–H and O–H groups in total. The number of aliphatic hydroxyl groups is 1. The molecule has 2 aromatic carbocycles. The van der Waals surface area contributed by atoms with Crippen LogP contribution in [0.2, 0.25) is 0 Å². The topological polar surface area (TPSA) is 127 Å². The Morgan fingerprint density at radius 1 is 1.06 bits per heavy atom. The quantitative estimate of drug-likeness (QED) is 0.386. The Hall–Kier alpha value is -4.29. The zero-order chi connectivity index (χ0) is 24.6. The first-order valence-corrected chi connectivity index (χ1v) is 11.2. The highest BCUT2D eigenvalue weighted by Gasteiger charge is 2.27. The van der Waals surface area contributed by atoms with Gasteiger partial charge >= 0.3 is 5.97 Å². The van der Waals surface area contributed by atoms with Crippen LogP contribution in [0.4, 0.5) is 10.2 Å². The molecule has 1 aliphatic rings. The predicted octanol–water partition coefficient (Wildman–Crippen LogP) is 3.95. The van der Waals surface area contributed by atoms with Crippen molar-refractivity contribution >= 4 is 23.0 Å². The monoisotopic (exact) mass is 471 g/mol. The van der Waals surface area contributed by atoms with Crippen molar-refractivity contribution in [3.05, 3.63) is 65.7 Å². The average Bonchev–Trinajstić information content (AvgIpc) is 3.23. The van der Waals surface area contributed by atoms with Gasteiger partial charge in [0, 0.05) is 11.3 Å². The first-order chi connectivity index (χ1) is 16.8. The zero-order valence-corrected chi connectivity index (χ0v) is 18.7. The molecule has 0 aliphatic heterocycles. The van der Waals surface area contributed by atoms with Gasteiger partial charge in [0.25, 0.3) is 0 Å². The highest BCUT2D eigenvalue weighted by Crippen LogP contribution is 2.31. The van der Waals surface area contributed by atoms with Gasteiger partial charge in [-0.3, -0.25) is 4.57 Å². The van der Waals surface area contributed by atoms with E-state index in [2.05, 4.69) is 26.8 Å². The molecule has 0 amide bonds. The van der Waals surface area contributed by atoms with Gasteiger partial charge in [-0.05, 0) is 68.0 Å². The number of aromatic carboxylic acids is 1. The molecule has 2 heterocycles. The highest BCUT2D eigenvalue weighted by atomic mass is 19.1. The SMILES string of the molecule is Nc1nc(C#CC2(O)CCCCC2)nc2c1nc(-c1cccc(F)c1)n2-c1ccc(C(=O)O)cc1. The number of nitrogens with zero attached hydrogens (tertiary/aromatic N) is 4. The van der Waals surface area contributed by atoms with E-state index in [1.165, 1.54) is 24.3 Å². The largest absolute Gasteiger partial charge is 0.478 e. The van der Waals surface area contributed by atoms with Gasteiger partial charge in [-0.2, -0.15) is 0 Å². The van der Waals surface area contributed by atoms with E-state index in [0.29, 0.717) is 41.1 Å². The number of halogens is 1. The van der Waals surface area contributed by atoms with Gasteiger partial charge in [-0.15, -0.1) is 0 Å². The van der Waals surface area contributed by atoms with Crippen molar-refractivity contribution in [3.8, 4) is 28.9 Å². The molecule has 0 radical (unpaired) electrons. The van der Waals surface area contributed by atoms with E-state index in [0.717, 1.165) is 19.3 Å². The van der Waals surface area contributed by atoms with Crippen LogP contribution in [0.15, 0.2) is 48.5 Å². The molecular weight excluding hydrogens is 449 g/mol. The van der Waals surface area contributed by atoms with E-state index in [-0.39, 0.29) is 17.2 Å². The predicted molar refractivity (Wildman–Crippen MR) is 128 cm³/mol. The number of hydrogen-bond acceptors (Lipinski definition) is 6. The lowest BCUT2D eigenvalue weighted by Gasteiger charge is -2.26. The summed E-state index contributed by atoms with van der Waals surface area (Å²) >= 11 is 0. The van der Waals surface area contributed by atoms with Crippen LogP contribution in [0.5, 0.6) is 0 Å². The lowest BCUT2D eigenvalue weighted by Crippen LogP contribution is -2.29. The van der Waals surface area contributed by atoms with E-state index >= 15 is 0 Å². The summed E-state index contributed by atoms with van der Waals surface area (Å²) < 4.78 is 15.7. The van der Waals surface area contributed by atoms with Crippen molar-refractivity contribution in [1.82, 2.24) is 19.5 Å². The van der Waals surface area contributed by atoms with Crippen molar-refractivity contribution in [1.29, 1.82) is 0 Å². The molecule has 4 aromatic rings. The van der Waals surface area contributed by atoms with E-state index in [1.807, 2.05) is 0 Å². The van der Waals surface area contributed by atoms with E-state index in [1.54, 1.807) is 28.8 Å². The summed E-state index contributed by atoms with van der Waals surface area (Å²) in [5.41, 5.74) is 6.93. The normalized spacial score (nSPS) is 14.9. The van der Waals surface area contributed by atoms with Gasteiger partial charge in [0.05, 0.1) is 5.56 Å². The minimum atomic E-state index is -1.08. The highest BCUT2D eigenvalue weighted by molar-refractivity contribution is 5.89. The molecule has 176 valence electrons. The fourth-order valence-electron chi connectivity index (χ4n) is 4.29. The molecule has 9 heteroatoms. The molecule has 1 fully saturated rings. The Bertz CT molecular complexity index is 1500. The number of nitrogens with two attached hydrogens (primary N) is 1. The van der Waals surface area contributed by atoms with E-state index < -0.39 is 17.4 Å². The maximum Gasteiger partial charge on any atom is 0.335 e. The second-order valence-corrected chi connectivity index (χ2v) is 8.58. The smallest absolute Gasteiger partial charge is 0.335 e. The van der Waals surface area contributed by atoms with Gasteiger partial charge in [0.1, 0.15) is 17.2 Å². The minimum absolute atomic E-state index is 0.0912. The lowest BCUT2D eigenvalue weighted by molar-refractivity contribution is 0.0609. The summed E-state index contributed by atoms with van der Waals surface area (Å²) in [5.74, 6) is 4.87. The molecule has 8 nitrogen and oxygen atoms in total. The summed E-state index contributed by atoms with van der Waals surface area (Å²) in [4.78, 5) is 24.8. The number of fused-ring (bicyclic) bond motifs is 1. The summed E-state index contributed by atoms with van der Waals surface area (Å²) in [5, 5.41) is 20.0. The summed E-state index contributed by atoms with van der Waals surface area (Å²) in [6, 6.07) is 12.1. The number of carboxylic acid groups (broad SMARTS) is 1. The molecular formula is C26H22FN5O3. The summed E-state index contributed by atoms with van der Waals surface area (Å²) in [6.45, 7) is 0. The molecule has 0 unspecified atom stereocenters. The first kappa shape index (κ1) is 22.5. The number of aromatic nitrogens is 4. The van der Waals surface area contributed by atoms with Crippen molar-refractivity contribution in [2.24, 2.45) is 0 Å². The first-order valence-electron chi connectivity index (χ1n) is 11.2. The van der Waals surface area contributed by atoms with Gasteiger partial charge < -0.3 is 15.9 Å². The summed E-state index contributed by atoms with van der Waals surface area (Å²) in [7, 11) is 0. The van der Waals surface area contributed by atoms with Crippen LogP contribution >= 0.6 is 0 Å².